The molecule has 0 atom stereocenters. The minimum Gasteiger partial charge on any atom is -0.295 e. The van der Waals surface area contributed by atoms with Gasteiger partial charge in [0.1, 0.15) is 0 Å². The van der Waals surface area contributed by atoms with Crippen molar-refractivity contribution in [2.24, 2.45) is 0 Å². The molecule has 62 valence electrons. The van der Waals surface area contributed by atoms with Gasteiger partial charge in [0, 0.05) is 12.4 Å². The van der Waals surface area contributed by atoms with Gasteiger partial charge >= 0.3 is 0 Å². The number of nitrogens with zero attached hydrogens (tertiary/aromatic N) is 1. The number of Topliss-reactive ketones (excluding diaryl/α,β-unsaturated/α-hetero) is 1. The van der Waals surface area contributed by atoms with E-state index in [1.165, 1.54) is 0 Å². The van der Waals surface area contributed by atoms with Crippen molar-refractivity contribution in [1.82, 2.24) is 4.98 Å². The third-order valence-corrected chi connectivity index (χ3v) is 1.62. The quantitative estimate of drug-likeness (QED) is 0.621. The Balaban J connectivity index is 2.89. The minimum atomic E-state index is 0.0962. The van der Waals surface area contributed by atoms with E-state index in [0.29, 0.717) is 0 Å². The van der Waals surface area contributed by atoms with Crippen LogP contribution in [0.4, 0.5) is 0 Å². The predicted octanol–water partition coefficient (Wildman–Crippen LogP) is 2.07. The molecule has 0 amide bonds. The fourth-order valence-electron chi connectivity index (χ4n) is 0.813. The third kappa shape index (κ3) is 2.31. The molecule has 2 heteroatoms. The lowest BCUT2D eigenvalue weighted by molar-refractivity contribution is -0.113. The molecule has 0 unspecified atom stereocenters. The van der Waals surface area contributed by atoms with Crippen molar-refractivity contribution < 1.29 is 4.79 Å². The molecule has 12 heavy (non-hydrogen) atoms. The van der Waals surface area contributed by atoms with E-state index < -0.39 is 0 Å². The zero-order valence-corrected chi connectivity index (χ0v) is 7.24. The van der Waals surface area contributed by atoms with Gasteiger partial charge in [-0.3, -0.25) is 9.78 Å². The van der Waals surface area contributed by atoms with Gasteiger partial charge < -0.3 is 0 Å². The monoisotopic (exact) mass is 161 g/mol. The Hall–Kier alpha value is -1.44. The summed E-state index contributed by atoms with van der Waals surface area (Å²) in [6.45, 7) is 3.36. The van der Waals surface area contributed by atoms with Crippen LogP contribution in [0.2, 0.25) is 0 Å². The van der Waals surface area contributed by atoms with Crippen molar-refractivity contribution in [3.8, 4) is 0 Å². The molecule has 0 N–H and O–H groups in total. The summed E-state index contributed by atoms with van der Waals surface area (Å²) < 4.78 is 0. The van der Waals surface area contributed by atoms with E-state index in [1.54, 1.807) is 26.2 Å². The van der Waals surface area contributed by atoms with E-state index in [9.17, 15) is 4.79 Å². The molecule has 0 radical (unpaired) electrons. The van der Waals surface area contributed by atoms with E-state index in [2.05, 4.69) is 4.98 Å². The molecule has 0 aliphatic heterocycles. The van der Waals surface area contributed by atoms with E-state index in [-0.39, 0.29) is 5.78 Å². The molecule has 1 rings (SSSR count). The molecule has 0 bridgehead atoms. The number of allylic oxidation sites excluding steroid dienone is 1. The van der Waals surface area contributed by atoms with Crippen molar-refractivity contribution in [3.63, 3.8) is 0 Å². The van der Waals surface area contributed by atoms with Gasteiger partial charge in [0.15, 0.2) is 5.78 Å². The molecule has 1 aromatic rings. The van der Waals surface area contributed by atoms with Crippen LogP contribution in [-0.2, 0) is 4.79 Å². The van der Waals surface area contributed by atoms with Gasteiger partial charge in [-0.2, -0.15) is 0 Å². The molecular weight excluding hydrogens is 150 g/mol. The van der Waals surface area contributed by atoms with Gasteiger partial charge in [-0.05, 0) is 37.1 Å². The van der Waals surface area contributed by atoms with Gasteiger partial charge in [-0.15, -0.1) is 0 Å². The highest BCUT2D eigenvalue weighted by atomic mass is 16.1. The van der Waals surface area contributed by atoms with Crippen molar-refractivity contribution in [2.75, 3.05) is 0 Å². The first kappa shape index (κ1) is 8.65. The molecule has 2 nitrogen and oxygen atoms in total. The highest BCUT2D eigenvalue weighted by Crippen LogP contribution is 2.04. The lowest BCUT2D eigenvalue weighted by Gasteiger charge is -1.94. The first-order valence-corrected chi connectivity index (χ1v) is 3.79. The average Bonchev–Trinajstić information content (AvgIpc) is 2.06. The molecule has 0 aliphatic rings. The number of hydrogen-bond donors (Lipinski definition) is 0. The van der Waals surface area contributed by atoms with Crippen LogP contribution in [0.15, 0.2) is 30.1 Å². The molecule has 0 fully saturated rings. The van der Waals surface area contributed by atoms with Crippen molar-refractivity contribution in [3.05, 3.63) is 35.7 Å². The SMILES string of the molecule is CC(=O)C(C)=Cc1cccnc1. The fourth-order valence-corrected chi connectivity index (χ4v) is 0.813. The molecule has 0 saturated carbocycles. The molecule has 0 spiro atoms. The van der Waals surface area contributed by atoms with Crippen LogP contribution in [0.5, 0.6) is 0 Å². The van der Waals surface area contributed by atoms with Crippen molar-refractivity contribution in [1.29, 1.82) is 0 Å². The number of aromatic nitrogens is 1. The molecule has 1 heterocycles. The molecule has 0 aliphatic carbocycles. The van der Waals surface area contributed by atoms with Gasteiger partial charge in [0.2, 0.25) is 0 Å². The van der Waals surface area contributed by atoms with Crippen molar-refractivity contribution in [2.45, 2.75) is 13.8 Å². The fraction of sp³-hybridized carbons (Fsp3) is 0.200. The highest BCUT2D eigenvalue weighted by molar-refractivity contribution is 5.96. The largest absolute Gasteiger partial charge is 0.295 e. The number of carbonyl (C=O) groups excluding carboxylic acids is 1. The second-order valence-corrected chi connectivity index (χ2v) is 2.67. The zero-order valence-electron chi connectivity index (χ0n) is 7.24. The van der Waals surface area contributed by atoms with Crippen LogP contribution in [0.25, 0.3) is 6.08 Å². The first-order chi connectivity index (χ1) is 5.70. The van der Waals surface area contributed by atoms with Crippen LogP contribution in [0, 0.1) is 0 Å². The summed E-state index contributed by atoms with van der Waals surface area (Å²) in [4.78, 5) is 14.8. The van der Waals surface area contributed by atoms with E-state index in [0.717, 1.165) is 11.1 Å². The standard InChI is InChI=1S/C10H11NO/c1-8(9(2)12)6-10-4-3-5-11-7-10/h3-7H,1-2H3. The lowest BCUT2D eigenvalue weighted by Crippen LogP contribution is -1.90. The zero-order chi connectivity index (χ0) is 8.97. The lowest BCUT2D eigenvalue weighted by atomic mass is 10.1. The second kappa shape index (κ2) is 3.81. The number of rotatable bonds is 2. The van der Waals surface area contributed by atoms with Crippen LogP contribution in [-0.4, -0.2) is 10.8 Å². The van der Waals surface area contributed by atoms with Crippen LogP contribution < -0.4 is 0 Å². The smallest absolute Gasteiger partial charge is 0.155 e. The Kier molecular flexibility index (Phi) is 2.75. The van der Waals surface area contributed by atoms with Gasteiger partial charge in [0.25, 0.3) is 0 Å². The summed E-state index contributed by atoms with van der Waals surface area (Å²) in [6, 6.07) is 3.76. The van der Waals surface area contributed by atoms with Gasteiger partial charge in [-0.25, -0.2) is 0 Å². The predicted molar refractivity (Wildman–Crippen MR) is 48.6 cm³/mol. The number of pyridine rings is 1. The summed E-state index contributed by atoms with van der Waals surface area (Å²) >= 11 is 0. The number of ketones is 1. The Morgan fingerprint density at radius 2 is 2.25 bits per heavy atom. The Morgan fingerprint density at radius 1 is 1.50 bits per heavy atom. The summed E-state index contributed by atoms with van der Waals surface area (Å²) in [6.07, 6.45) is 5.27. The molecule has 0 aromatic carbocycles. The normalized spacial score (nSPS) is 11.3. The van der Waals surface area contributed by atoms with Gasteiger partial charge in [0.05, 0.1) is 0 Å². The second-order valence-electron chi connectivity index (χ2n) is 2.67. The summed E-state index contributed by atoms with van der Waals surface area (Å²) in [5.41, 5.74) is 1.72. The van der Waals surface area contributed by atoms with Crippen LogP contribution in [0.3, 0.4) is 0 Å². The van der Waals surface area contributed by atoms with Crippen LogP contribution in [0.1, 0.15) is 19.4 Å². The Bertz CT molecular complexity index is 301. The molecule has 1 aromatic heterocycles. The van der Waals surface area contributed by atoms with Crippen LogP contribution >= 0.6 is 0 Å². The number of carbonyl (C=O) groups is 1. The van der Waals surface area contributed by atoms with Crippen molar-refractivity contribution >= 4 is 11.9 Å². The molecular formula is C10H11NO. The summed E-state index contributed by atoms with van der Waals surface area (Å²) in [5.74, 6) is 0.0962. The highest BCUT2D eigenvalue weighted by Gasteiger charge is 1.95. The summed E-state index contributed by atoms with van der Waals surface area (Å²) in [7, 11) is 0. The third-order valence-electron chi connectivity index (χ3n) is 1.62. The Labute approximate surface area is 71.9 Å². The summed E-state index contributed by atoms with van der Waals surface area (Å²) in [5, 5.41) is 0. The first-order valence-electron chi connectivity index (χ1n) is 3.79. The van der Waals surface area contributed by atoms with E-state index in [4.69, 9.17) is 0 Å². The Morgan fingerprint density at radius 3 is 2.75 bits per heavy atom. The maximum absolute atomic E-state index is 10.9. The average molecular weight is 161 g/mol. The van der Waals surface area contributed by atoms with E-state index in [1.807, 2.05) is 18.2 Å². The molecule has 0 saturated heterocycles. The maximum atomic E-state index is 10.9. The minimum absolute atomic E-state index is 0.0962. The topological polar surface area (TPSA) is 30.0 Å². The number of hydrogen-bond acceptors (Lipinski definition) is 2. The maximum Gasteiger partial charge on any atom is 0.155 e. The van der Waals surface area contributed by atoms with Gasteiger partial charge in [-0.1, -0.05) is 6.07 Å². The van der Waals surface area contributed by atoms with E-state index >= 15 is 0 Å².